The maximum Gasteiger partial charge on any atom is 0.114 e. The molecule has 5 nitrogen and oxygen atoms in total. The molecular weight excluding hydrogens is 308 g/mol. The van der Waals surface area contributed by atoms with Crippen LogP contribution >= 0.6 is 0 Å². The predicted octanol–water partition coefficient (Wildman–Crippen LogP) is 2.57. The zero-order chi connectivity index (χ0) is 17.6. The lowest BCUT2D eigenvalue weighted by Crippen LogP contribution is -2.42. The Balaban J connectivity index is 2.00. The number of rotatable bonds is 14. The van der Waals surface area contributed by atoms with E-state index in [0.717, 1.165) is 12.8 Å². The predicted molar refractivity (Wildman–Crippen MR) is 94.9 cm³/mol. The van der Waals surface area contributed by atoms with Gasteiger partial charge in [-0.3, -0.25) is 0 Å². The minimum absolute atomic E-state index is 0.0873. The highest BCUT2D eigenvalue weighted by atomic mass is 16.6. The summed E-state index contributed by atoms with van der Waals surface area (Å²) in [7, 11) is 0. The van der Waals surface area contributed by atoms with Crippen molar-refractivity contribution in [1.29, 1.82) is 0 Å². The molecule has 0 aliphatic carbocycles. The van der Waals surface area contributed by atoms with Crippen LogP contribution in [-0.4, -0.2) is 59.6 Å². The fourth-order valence-electron chi connectivity index (χ4n) is 2.95. The maximum absolute atomic E-state index is 9.77. The first kappa shape index (κ1) is 21.6. The summed E-state index contributed by atoms with van der Waals surface area (Å²) < 4.78 is 10.9. The van der Waals surface area contributed by atoms with Crippen LogP contribution in [0.2, 0.25) is 0 Å². The smallest absolute Gasteiger partial charge is 0.114 e. The summed E-state index contributed by atoms with van der Waals surface area (Å²) in [4.78, 5) is 0. The Morgan fingerprint density at radius 2 is 1.71 bits per heavy atom. The van der Waals surface area contributed by atoms with Crippen LogP contribution < -0.4 is 0 Å². The van der Waals surface area contributed by atoms with E-state index in [0.29, 0.717) is 6.61 Å². The second-order valence-corrected chi connectivity index (χ2v) is 6.62. The molecule has 0 bridgehead atoms. The van der Waals surface area contributed by atoms with E-state index in [-0.39, 0.29) is 13.2 Å². The number of hydrogen-bond donors (Lipinski definition) is 3. The van der Waals surface area contributed by atoms with E-state index in [1.54, 1.807) is 0 Å². The molecule has 142 valence electrons. The van der Waals surface area contributed by atoms with Gasteiger partial charge in [0.05, 0.1) is 19.8 Å². The SMILES string of the molecule is CCCCCCCCC/C=C/CCO[C@H](CO)[C@@H]1OC[C@H](O)[C@@H]1O. The summed E-state index contributed by atoms with van der Waals surface area (Å²) >= 11 is 0. The van der Waals surface area contributed by atoms with Crippen molar-refractivity contribution in [3.05, 3.63) is 12.2 Å². The van der Waals surface area contributed by atoms with Crippen LogP contribution in [-0.2, 0) is 9.47 Å². The van der Waals surface area contributed by atoms with Gasteiger partial charge in [0.2, 0.25) is 0 Å². The van der Waals surface area contributed by atoms with Gasteiger partial charge in [-0.2, -0.15) is 0 Å². The van der Waals surface area contributed by atoms with Crippen molar-refractivity contribution in [2.24, 2.45) is 0 Å². The highest BCUT2D eigenvalue weighted by molar-refractivity contribution is 4.89. The third kappa shape index (κ3) is 8.58. The summed E-state index contributed by atoms with van der Waals surface area (Å²) in [6.45, 7) is 2.57. The fraction of sp³-hybridized carbons (Fsp3) is 0.895. The second kappa shape index (κ2) is 13.8. The lowest BCUT2D eigenvalue weighted by Gasteiger charge is -2.24. The van der Waals surface area contributed by atoms with E-state index in [2.05, 4.69) is 19.1 Å². The molecule has 0 unspecified atom stereocenters. The summed E-state index contributed by atoms with van der Waals surface area (Å²) in [5.74, 6) is 0. The standard InChI is InChI=1S/C19H36O5/c1-2-3-4-5-6-7-8-9-10-11-12-13-23-17(14-20)19-18(22)16(21)15-24-19/h10-11,16-22H,2-9,12-15H2,1H3/b11-10+/t16-,17+,18-,19-/m0/s1. The van der Waals surface area contributed by atoms with E-state index < -0.39 is 24.4 Å². The molecule has 1 saturated heterocycles. The van der Waals surface area contributed by atoms with Gasteiger partial charge < -0.3 is 24.8 Å². The molecule has 5 heteroatoms. The van der Waals surface area contributed by atoms with Crippen LogP contribution in [0.5, 0.6) is 0 Å². The van der Waals surface area contributed by atoms with Crippen LogP contribution in [0, 0.1) is 0 Å². The molecular formula is C19H36O5. The van der Waals surface area contributed by atoms with Crippen LogP contribution in [0.25, 0.3) is 0 Å². The zero-order valence-corrected chi connectivity index (χ0v) is 15.1. The van der Waals surface area contributed by atoms with E-state index in [4.69, 9.17) is 9.47 Å². The zero-order valence-electron chi connectivity index (χ0n) is 15.1. The molecule has 1 heterocycles. The molecule has 0 aromatic carbocycles. The first-order chi connectivity index (χ1) is 11.7. The quantitative estimate of drug-likeness (QED) is 0.333. The molecule has 1 rings (SSSR count). The molecule has 24 heavy (non-hydrogen) atoms. The van der Waals surface area contributed by atoms with Crippen LogP contribution in [0.15, 0.2) is 12.2 Å². The van der Waals surface area contributed by atoms with Gasteiger partial charge in [0.1, 0.15) is 24.4 Å². The van der Waals surface area contributed by atoms with E-state index >= 15 is 0 Å². The van der Waals surface area contributed by atoms with E-state index in [1.807, 2.05) is 0 Å². The van der Waals surface area contributed by atoms with Gasteiger partial charge in [0.25, 0.3) is 0 Å². The van der Waals surface area contributed by atoms with E-state index in [9.17, 15) is 15.3 Å². The van der Waals surface area contributed by atoms with Gasteiger partial charge in [-0.1, -0.05) is 57.6 Å². The number of aliphatic hydroxyl groups excluding tert-OH is 3. The third-order valence-corrected chi connectivity index (χ3v) is 4.49. The summed E-state index contributed by atoms with van der Waals surface area (Å²) in [6, 6.07) is 0. The Hall–Kier alpha value is -0.460. The van der Waals surface area contributed by atoms with Gasteiger partial charge in [-0.25, -0.2) is 0 Å². The van der Waals surface area contributed by atoms with Crippen molar-refractivity contribution >= 4 is 0 Å². The van der Waals surface area contributed by atoms with Crippen LogP contribution in [0.4, 0.5) is 0 Å². The molecule has 0 radical (unpaired) electrons. The van der Waals surface area contributed by atoms with Crippen LogP contribution in [0.3, 0.4) is 0 Å². The highest BCUT2D eigenvalue weighted by Crippen LogP contribution is 2.19. The maximum atomic E-state index is 9.77. The third-order valence-electron chi connectivity index (χ3n) is 4.49. The number of allylic oxidation sites excluding steroid dienone is 1. The van der Waals surface area contributed by atoms with Crippen molar-refractivity contribution in [3.63, 3.8) is 0 Å². The van der Waals surface area contributed by atoms with Crippen molar-refractivity contribution in [1.82, 2.24) is 0 Å². The van der Waals surface area contributed by atoms with E-state index in [1.165, 1.54) is 44.9 Å². The van der Waals surface area contributed by atoms with Crippen molar-refractivity contribution in [3.8, 4) is 0 Å². The molecule has 0 spiro atoms. The van der Waals surface area contributed by atoms with Crippen molar-refractivity contribution in [2.75, 3.05) is 19.8 Å². The minimum atomic E-state index is -0.991. The average Bonchev–Trinajstić information content (AvgIpc) is 2.92. The summed E-state index contributed by atoms with van der Waals surface area (Å²) in [5, 5.41) is 28.6. The molecule has 0 saturated carbocycles. The van der Waals surface area contributed by atoms with Crippen molar-refractivity contribution < 1.29 is 24.8 Å². The Morgan fingerprint density at radius 1 is 1.04 bits per heavy atom. The molecule has 1 aliphatic rings. The second-order valence-electron chi connectivity index (χ2n) is 6.62. The van der Waals surface area contributed by atoms with Crippen LogP contribution in [0.1, 0.15) is 64.7 Å². The molecule has 0 aromatic heterocycles. The average molecular weight is 344 g/mol. The molecule has 1 aliphatic heterocycles. The number of hydrogen-bond acceptors (Lipinski definition) is 5. The van der Waals surface area contributed by atoms with Gasteiger partial charge in [0.15, 0.2) is 0 Å². The largest absolute Gasteiger partial charge is 0.394 e. The lowest BCUT2D eigenvalue weighted by molar-refractivity contribution is -0.0996. The first-order valence-corrected chi connectivity index (χ1v) is 9.55. The normalized spacial score (nSPS) is 25.6. The molecule has 0 amide bonds. The number of unbranched alkanes of at least 4 members (excludes halogenated alkanes) is 7. The van der Waals surface area contributed by atoms with Gasteiger partial charge in [0, 0.05) is 0 Å². The summed E-state index contributed by atoms with van der Waals surface area (Å²) in [5.41, 5.74) is 0. The lowest BCUT2D eigenvalue weighted by atomic mass is 10.1. The summed E-state index contributed by atoms with van der Waals surface area (Å²) in [6.07, 6.45) is 12.3. The number of ether oxygens (including phenoxy) is 2. The molecule has 0 aromatic rings. The first-order valence-electron chi connectivity index (χ1n) is 9.55. The molecule has 4 atom stereocenters. The topological polar surface area (TPSA) is 79.2 Å². The monoisotopic (exact) mass is 344 g/mol. The van der Waals surface area contributed by atoms with Gasteiger partial charge >= 0.3 is 0 Å². The molecule has 3 N–H and O–H groups in total. The highest BCUT2D eigenvalue weighted by Gasteiger charge is 2.40. The minimum Gasteiger partial charge on any atom is -0.394 e. The van der Waals surface area contributed by atoms with Gasteiger partial charge in [-0.05, 0) is 19.3 Å². The Morgan fingerprint density at radius 3 is 2.33 bits per heavy atom. The van der Waals surface area contributed by atoms with Gasteiger partial charge in [-0.15, -0.1) is 0 Å². The van der Waals surface area contributed by atoms with Crippen molar-refractivity contribution in [2.45, 2.75) is 89.1 Å². The number of aliphatic hydroxyl groups is 3. The fourth-order valence-corrected chi connectivity index (χ4v) is 2.95. The Bertz CT molecular complexity index is 321. The Labute approximate surface area is 146 Å². The Kier molecular flexibility index (Phi) is 12.4. The molecule has 1 fully saturated rings.